The van der Waals surface area contributed by atoms with E-state index in [1.807, 2.05) is 0 Å². The Balaban J connectivity index is 2.34. The molecule has 1 aliphatic rings. The smallest absolute Gasteiger partial charge is 0.0581 e. The predicted molar refractivity (Wildman–Crippen MR) is 63.9 cm³/mol. The summed E-state index contributed by atoms with van der Waals surface area (Å²) in [6.07, 6.45) is 2.50. The molecule has 0 radical (unpaired) electrons. The molecule has 1 unspecified atom stereocenters. The van der Waals surface area contributed by atoms with Crippen molar-refractivity contribution >= 4 is 0 Å². The van der Waals surface area contributed by atoms with Crippen LogP contribution >= 0.6 is 0 Å². The van der Waals surface area contributed by atoms with Crippen LogP contribution in [0.15, 0.2) is 30.3 Å². The third-order valence-electron chi connectivity index (χ3n) is 3.53. The van der Waals surface area contributed by atoms with Crippen molar-refractivity contribution in [3.05, 3.63) is 35.9 Å². The average Bonchev–Trinajstić information content (AvgIpc) is 2.31. The first-order chi connectivity index (χ1) is 7.26. The lowest BCUT2D eigenvalue weighted by molar-refractivity contribution is 0.113. The van der Waals surface area contributed by atoms with Crippen molar-refractivity contribution in [3.63, 3.8) is 0 Å². The molecule has 2 rings (SSSR count). The monoisotopic (exact) mass is 204 g/mol. The van der Waals surface area contributed by atoms with Crippen LogP contribution in [0.2, 0.25) is 0 Å². The molecule has 1 aliphatic heterocycles. The van der Waals surface area contributed by atoms with Crippen LogP contribution in [0.25, 0.3) is 0 Å². The van der Waals surface area contributed by atoms with E-state index in [1.165, 1.54) is 18.4 Å². The van der Waals surface area contributed by atoms with Crippen LogP contribution in [0.4, 0.5) is 0 Å². The number of likely N-dealkylation sites (N-methyl/N-ethyl adjacent to an activating group) is 1. The van der Waals surface area contributed by atoms with Gasteiger partial charge in [0.15, 0.2) is 0 Å². The van der Waals surface area contributed by atoms with Crippen LogP contribution in [0.5, 0.6) is 0 Å². The van der Waals surface area contributed by atoms with Gasteiger partial charge in [-0.05, 0) is 39.0 Å². The molecule has 82 valence electrons. The van der Waals surface area contributed by atoms with E-state index in [0.717, 1.165) is 13.1 Å². The standard InChI is InChI=1S/C13H20N2/c1-15(2)13(9-6-10-14-11-13)12-7-4-3-5-8-12/h3-5,7-8,14H,6,9-11H2,1-2H3. The quantitative estimate of drug-likeness (QED) is 0.790. The van der Waals surface area contributed by atoms with E-state index in [1.54, 1.807) is 0 Å². The molecule has 2 nitrogen and oxygen atoms in total. The molecule has 1 saturated heterocycles. The van der Waals surface area contributed by atoms with Crippen LogP contribution in [0, 0.1) is 0 Å². The van der Waals surface area contributed by atoms with Crippen molar-refractivity contribution in [1.29, 1.82) is 0 Å². The number of piperidine rings is 1. The van der Waals surface area contributed by atoms with Crippen LogP contribution in [-0.4, -0.2) is 32.1 Å². The Kier molecular flexibility index (Phi) is 3.08. The largest absolute Gasteiger partial charge is 0.315 e. The lowest BCUT2D eigenvalue weighted by atomic mass is 9.82. The molecule has 1 aromatic rings. The van der Waals surface area contributed by atoms with Gasteiger partial charge in [0, 0.05) is 6.54 Å². The number of hydrogen-bond acceptors (Lipinski definition) is 2. The van der Waals surface area contributed by atoms with Crippen LogP contribution < -0.4 is 5.32 Å². The van der Waals surface area contributed by atoms with E-state index >= 15 is 0 Å². The minimum absolute atomic E-state index is 0.194. The Morgan fingerprint density at radius 1 is 1.20 bits per heavy atom. The van der Waals surface area contributed by atoms with Crippen molar-refractivity contribution in [2.45, 2.75) is 18.4 Å². The summed E-state index contributed by atoms with van der Waals surface area (Å²) >= 11 is 0. The third kappa shape index (κ3) is 1.92. The molecular formula is C13H20N2. The fourth-order valence-electron chi connectivity index (χ4n) is 2.52. The molecule has 1 atom stereocenters. The number of rotatable bonds is 2. The Hall–Kier alpha value is -0.860. The summed E-state index contributed by atoms with van der Waals surface area (Å²) in [6.45, 7) is 2.21. The lowest BCUT2D eigenvalue weighted by Gasteiger charge is -2.43. The normalized spacial score (nSPS) is 26.9. The molecule has 0 aliphatic carbocycles. The summed E-state index contributed by atoms with van der Waals surface area (Å²) in [7, 11) is 4.36. The van der Waals surface area contributed by atoms with Gasteiger partial charge in [0.05, 0.1) is 5.54 Å². The number of hydrogen-bond donors (Lipinski definition) is 1. The molecule has 0 amide bonds. The van der Waals surface area contributed by atoms with Gasteiger partial charge in [-0.2, -0.15) is 0 Å². The topological polar surface area (TPSA) is 15.3 Å². The highest BCUT2D eigenvalue weighted by Gasteiger charge is 2.35. The Morgan fingerprint density at radius 2 is 1.93 bits per heavy atom. The fourth-order valence-corrected chi connectivity index (χ4v) is 2.52. The summed E-state index contributed by atoms with van der Waals surface area (Å²) < 4.78 is 0. The predicted octanol–water partition coefficient (Wildman–Crippen LogP) is 1.83. The molecule has 15 heavy (non-hydrogen) atoms. The van der Waals surface area contributed by atoms with Crippen molar-refractivity contribution in [2.75, 3.05) is 27.2 Å². The third-order valence-corrected chi connectivity index (χ3v) is 3.53. The van der Waals surface area contributed by atoms with Crippen molar-refractivity contribution in [2.24, 2.45) is 0 Å². The maximum Gasteiger partial charge on any atom is 0.0581 e. The zero-order valence-electron chi connectivity index (χ0n) is 9.66. The molecule has 1 N–H and O–H groups in total. The highest BCUT2D eigenvalue weighted by Crippen LogP contribution is 2.32. The molecule has 0 saturated carbocycles. The van der Waals surface area contributed by atoms with Gasteiger partial charge < -0.3 is 5.32 Å². The zero-order chi connectivity index (χ0) is 10.7. The van der Waals surface area contributed by atoms with Gasteiger partial charge in [-0.1, -0.05) is 30.3 Å². The second-order valence-corrected chi connectivity index (χ2v) is 4.57. The molecule has 0 aromatic heterocycles. The summed E-state index contributed by atoms with van der Waals surface area (Å²) in [6, 6.07) is 10.8. The minimum atomic E-state index is 0.194. The van der Waals surface area contributed by atoms with Gasteiger partial charge in [0.1, 0.15) is 0 Å². The van der Waals surface area contributed by atoms with E-state index in [-0.39, 0.29) is 5.54 Å². The molecule has 1 heterocycles. The highest BCUT2D eigenvalue weighted by atomic mass is 15.2. The van der Waals surface area contributed by atoms with E-state index < -0.39 is 0 Å². The van der Waals surface area contributed by atoms with Crippen molar-refractivity contribution < 1.29 is 0 Å². The summed E-state index contributed by atoms with van der Waals surface area (Å²) in [4.78, 5) is 2.36. The molecule has 0 bridgehead atoms. The first kappa shape index (κ1) is 10.7. The summed E-state index contributed by atoms with van der Waals surface area (Å²) in [5.74, 6) is 0. The Labute approximate surface area is 92.3 Å². The van der Waals surface area contributed by atoms with Gasteiger partial charge in [-0.3, -0.25) is 4.90 Å². The number of nitrogens with one attached hydrogen (secondary N) is 1. The molecule has 2 heteroatoms. The summed E-state index contributed by atoms with van der Waals surface area (Å²) in [5.41, 5.74) is 1.63. The van der Waals surface area contributed by atoms with Gasteiger partial charge in [-0.25, -0.2) is 0 Å². The van der Waals surface area contributed by atoms with Crippen molar-refractivity contribution in [1.82, 2.24) is 10.2 Å². The molecule has 1 fully saturated rings. The second kappa shape index (κ2) is 4.33. The Bertz CT molecular complexity index is 300. The average molecular weight is 204 g/mol. The Morgan fingerprint density at radius 3 is 2.47 bits per heavy atom. The first-order valence-corrected chi connectivity index (χ1v) is 5.69. The molecule has 0 spiro atoms. The first-order valence-electron chi connectivity index (χ1n) is 5.69. The van der Waals surface area contributed by atoms with Crippen LogP contribution in [0.3, 0.4) is 0 Å². The molecular weight excluding hydrogens is 184 g/mol. The van der Waals surface area contributed by atoms with Crippen LogP contribution in [0.1, 0.15) is 18.4 Å². The van der Waals surface area contributed by atoms with Crippen LogP contribution in [-0.2, 0) is 5.54 Å². The lowest BCUT2D eigenvalue weighted by Crippen LogP contribution is -2.52. The number of benzene rings is 1. The molecule has 1 aromatic carbocycles. The van der Waals surface area contributed by atoms with Gasteiger partial charge in [0.25, 0.3) is 0 Å². The highest BCUT2D eigenvalue weighted by molar-refractivity contribution is 5.25. The van der Waals surface area contributed by atoms with Gasteiger partial charge in [-0.15, -0.1) is 0 Å². The summed E-state index contributed by atoms with van der Waals surface area (Å²) in [5, 5.41) is 3.51. The zero-order valence-corrected chi connectivity index (χ0v) is 9.66. The number of nitrogens with zero attached hydrogens (tertiary/aromatic N) is 1. The second-order valence-electron chi connectivity index (χ2n) is 4.57. The van der Waals surface area contributed by atoms with Gasteiger partial charge in [0.2, 0.25) is 0 Å². The van der Waals surface area contributed by atoms with E-state index in [0.29, 0.717) is 0 Å². The fraction of sp³-hybridized carbons (Fsp3) is 0.538. The van der Waals surface area contributed by atoms with E-state index in [4.69, 9.17) is 0 Å². The van der Waals surface area contributed by atoms with E-state index in [9.17, 15) is 0 Å². The maximum atomic E-state index is 3.51. The van der Waals surface area contributed by atoms with Crippen molar-refractivity contribution in [3.8, 4) is 0 Å². The maximum absolute atomic E-state index is 3.51. The van der Waals surface area contributed by atoms with Gasteiger partial charge >= 0.3 is 0 Å². The SMILES string of the molecule is CN(C)C1(c2ccccc2)CCCNC1. The minimum Gasteiger partial charge on any atom is -0.315 e. The van der Waals surface area contributed by atoms with E-state index in [2.05, 4.69) is 54.6 Å².